The van der Waals surface area contributed by atoms with Crippen LogP contribution in [0.2, 0.25) is 5.02 Å². The molecule has 1 rings (SSSR count). The van der Waals surface area contributed by atoms with Crippen molar-refractivity contribution >= 4 is 23.5 Å². The number of halogens is 1. The van der Waals surface area contributed by atoms with Crippen LogP contribution in [0.15, 0.2) is 24.3 Å². The lowest BCUT2D eigenvalue weighted by molar-refractivity contribution is -0.119. The molecule has 0 aliphatic heterocycles. The van der Waals surface area contributed by atoms with Crippen molar-refractivity contribution in [3.8, 4) is 0 Å². The van der Waals surface area contributed by atoms with E-state index in [2.05, 4.69) is 16.0 Å². The number of imide groups is 1. The quantitative estimate of drug-likeness (QED) is 0.800. The minimum atomic E-state index is -0.492. The Labute approximate surface area is 130 Å². The molecule has 1 atom stereocenters. The molecular weight excluding hydrogens is 290 g/mol. The first-order chi connectivity index (χ1) is 9.67. The monoisotopic (exact) mass is 311 g/mol. The number of carbonyl (C=O) groups is 2. The smallest absolute Gasteiger partial charge is 0.321 e. The average Bonchev–Trinajstić information content (AvgIpc) is 2.34. The summed E-state index contributed by atoms with van der Waals surface area (Å²) in [5, 5.41) is 8.66. The van der Waals surface area contributed by atoms with Crippen LogP contribution in [-0.4, -0.2) is 24.0 Å². The Bertz CT molecular complexity index is 495. The van der Waals surface area contributed by atoms with Crippen molar-refractivity contribution < 1.29 is 9.59 Å². The third-order valence-corrected chi connectivity index (χ3v) is 2.93. The lowest BCUT2D eigenvalue weighted by Crippen LogP contribution is -2.50. The topological polar surface area (TPSA) is 70.2 Å². The van der Waals surface area contributed by atoms with Crippen LogP contribution in [0.4, 0.5) is 4.79 Å². The van der Waals surface area contributed by atoms with E-state index in [0.29, 0.717) is 5.02 Å². The molecule has 0 radical (unpaired) electrons. The Hall–Kier alpha value is -1.59. The number of benzene rings is 1. The van der Waals surface area contributed by atoms with E-state index in [1.165, 1.54) is 0 Å². The van der Waals surface area contributed by atoms with Gasteiger partial charge in [0.25, 0.3) is 0 Å². The molecule has 0 bridgehead atoms. The predicted octanol–water partition coefficient (Wildman–Crippen LogP) is 2.61. The fraction of sp³-hybridized carbons (Fsp3) is 0.467. The lowest BCUT2D eigenvalue weighted by Gasteiger charge is -2.20. The highest BCUT2D eigenvalue weighted by Gasteiger charge is 2.16. The van der Waals surface area contributed by atoms with E-state index in [0.717, 1.165) is 5.56 Å². The van der Waals surface area contributed by atoms with Gasteiger partial charge in [0.1, 0.15) is 0 Å². The summed E-state index contributed by atoms with van der Waals surface area (Å²) in [6.07, 6.45) is 0. The van der Waals surface area contributed by atoms with E-state index in [4.69, 9.17) is 11.6 Å². The second kappa shape index (κ2) is 7.43. The fourth-order valence-electron chi connectivity index (χ4n) is 1.66. The van der Waals surface area contributed by atoms with Gasteiger partial charge >= 0.3 is 6.03 Å². The van der Waals surface area contributed by atoms with Crippen molar-refractivity contribution in [2.24, 2.45) is 0 Å². The number of urea groups is 1. The molecule has 3 amide bonds. The van der Waals surface area contributed by atoms with Gasteiger partial charge in [-0.05, 0) is 45.4 Å². The summed E-state index contributed by atoms with van der Waals surface area (Å²) >= 11 is 5.82. The van der Waals surface area contributed by atoms with Gasteiger partial charge in [0, 0.05) is 16.6 Å². The van der Waals surface area contributed by atoms with E-state index in [1.54, 1.807) is 12.1 Å². The molecule has 0 saturated carbocycles. The Morgan fingerprint density at radius 3 is 2.29 bits per heavy atom. The number of rotatable bonds is 4. The third kappa shape index (κ3) is 7.11. The summed E-state index contributed by atoms with van der Waals surface area (Å²) in [5.41, 5.74) is 0.639. The molecule has 0 spiro atoms. The molecule has 0 fully saturated rings. The van der Waals surface area contributed by atoms with Gasteiger partial charge < -0.3 is 10.6 Å². The molecule has 0 heterocycles. The zero-order chi connectivity index (χ0) is 16.0. The van der Waals surface area contributed by atoms with Crippen LogP contribution in [-0.2, 0) is 4.79 Å². The first-order valence-electron chi connectivity index (χ1n) is 6.78. The number of carbonyl (C=O) groups excluding carboxylic acids is 2. The molecule has 3 N–H and O–H groups in total. The van der Waals surface area contributed by atoms with E-state index >= 15 is 0 Å². The van der Waals surface area contributed by atoms with Crippen LogP contribution in [0.25, 0.3) is 0 Å². The van der Waals surface area contributed by atoms with E-state index in [-0.39, 0.29) is 24.0 Å². The van der Waals surface area contributed by atoms with Crippen molar-refractivity contribution in [2.45, 2.75) is 39.3 Å². The van der Waals surface area contributed by atoms with Gasteiger partial charge in [-0.15, -0.1) is 0 Å². The Balaban J connectivity index is 2.39. The second-order valence-corrected chi connectivity index (χ2v) is 6.34. The summed E-state index contributed by atoms with van der Waals surface area (Å²) in [6.45, 7) is 7.53. The molecule has 0 aromatic heterocycles. The van der Waals surface area contributed by atoms with Gasteiger partial charge in [-0.3, -0.25) is 10.1 Å². The normalized spacial score (nSPS) is 12.6. The first kappa shape index (κ1) is 17.5. The van der Waals surface area contributed by atoms with Crippen molar-refractivity contribution in [3.05, 3.63) is 34.9 Å². The summed E-state index contributed by atoms with van der Waals surface area (Å²) in [7, 11) is 0. The lowest BCUT2D eigenvalue weighted by atomic mass is 10.1. The van der Waals surface area contributed by atoms with Gasteiger partial charge in [0.2, 0.25) is 5.91 Å². The summed E-state index contributed by atoms with van der Waals surface area (Å²) in [4.78, 5) is 23.2. The van der Waals surface area contributed by atoms with E-state index in [1.807, 2.05) is 39.8 Å². The molecule has 116 valence electrons. The summed E-state index contributed by atoms with van der Waals surface area (Å²) in [5.74, 6) is -0.377. The third-order valence-electron chi connectivity index (χ3n) is 2.68. The molecule has 21 heavy (non-hydrogen) atoms. The van der Waals surface area contributed by atoms with Crippen LogP contribution in [0, 0.1) is 0 Å². The van der Waals surface area contributed by atoms with Crippen LogP contribution >= 0.6 is 11.6 Å². The fourth-order valence-corrected chi connectivity index (χ4v) is 1.78. The van der Waals surface area contributed by atoms with E-state index in [9.17, 15) is 9.59 Å². The Kier molecular flexibility index (Phi) is 6.18. The zero-order valence-corrected chi connectivity index (χ0v) is 13.5. The van der Waals surface area contributed by atoms with Gasteiger partial charge in [-0.1, -0.05) is 23.7 Å². The van der Waals surface area contributed by atoms with Gasteiger partial charge in [0.05, 0.1) is 6.54 Å². The van der Waals surface area contributed by atoms with E-state index < -0.39 is 6.03 Å². The van der Waals surface area contributed by atoms with Gasteiger partial charge in [0.15, 0.2) is 0 Å². The summed E-state index contributed by atoms with van der Waals surface area (Å²) < 4.78 is 0. The van der Waals surface area contributed by atoms with Crippen LogP contribution < -0.4 is 16.0 Å². The van der Waals surface area contributed by atoms with Gasteiger partial charge in [-0.2, -0.15) is 0 Å². The molecule has 1 aromatic carbocycles. The molecular formula is C15H22ClN3O2. The molecule has 5 nitrogen and oxygen atoms in total. The standard InChI is InChI=1S/C15H22ClN3O2/c1-10(11-5-7-12(16)8-6-11)17-9-13(20)18-14(21)19-15(2,3)4/h5-8,10,17H,9H2,1-4H3,(H2,18,19,20,21). The maximum atomic E-state index is 11.7. The Morgan fingerprint density at radius 1 is 1.19 bits per heavy atom. The molecule has 1 unspecified atom stereocenters. The highest BCUT2D eigenvalue weighted by molar-refractivity contribution is 6.30. The van der Waals surface area contributed by atoms with Crippen molar-refractivity contribution in [2.75, 3.05) is 6.54 Å². The van der Waals surface area contributed by atoms with Crippen LogP contribution in [0.1, 0.15) is 39.3 Å². The Morgan fingerprint density at radius 2 is 1.76 bits per heavy atom. The summed E-state index contributed by atoms with van der Waals surface area (Å²) in [6, 6.07) is 6.87. The molecule has 0 saturated heterocycles. The number of hydrogen-bond acceptors (Lipinski definition) is 3. The number of amides is 3. The van der Waals surface area contributed by atoms with Crippen LogP contribution in [0.3, 0.4) is 0 Å². The minimum absolute atomic E-state index is 0.0151. The molecule has 1 aromatic rings. The molecule has 0 aliphatic carbocycles. The van der Waals surface area contributed by atoms with Crippen molar-refractivity contribution in [1.82, 2.24) is 16.0 Å². The predicted molar refractivity (Wildman–Crippen MR) is 84.3 cm³/mol. The largest absolute Gasteiger partial charge is 0.333 e. The van der Waals surface area contributed by atoms with Gasteiger partial charge in [-0.25, -0.2) is 4.79 Å². The maximum Gasteiger partial charge on any atom is 0.321 e. The minimum Gasteiger partial charge on any atom is -0.333 e. The zero-order valence-electron chi connectivity index (χ0n) is 12.8. The average molecular weight is 312 g/mol. The first-order valence-corrected chi connectivity index (χ1v) is 7.16. The highest BCUT2D eigenvalue weighted by atomic mass is 35.5. The SMILES string of the molecule is CC(NCC(=O)NC(=O)NC(C)(C)C)c1ccc(Cl)cc1. The van der Waals surface area contributed by atoms with Crippen molar-refractivity contribution in [1.29, 1.82) is 0 Å². The maximum absolute atomic E-state index is 11.7. The number of nitrogens with one attached hydrogen (secondary N) is 3. The molecule has 6 heteroatoms. The van der Waals surface area contributed by atoms with Crippen LogP contribution in [0.5, 0.6) is 0 Å². The van der Waals surface area contributed by atoms with Crippen molar-refractivity contribution in [3.63, 3.8) is 0 Å². The highest BCUT2D eigenvalue weighted by Crippen LogP contribution is 2.15. The second-order valence-electron chi connectivity index (χ2n) is 5.91. The molecule has 0 aliphatic rings. The number of hydrogen-bond donors (Lipinski definition) is 3.